The van der Waals surface area contributed by atoms with Crippen molar-refractivity contribution in [1.82, 2.24) is 10.6 Å². The molecule has 2 rings (SSSR count). The van der Waals surface area contributed by atoms with E-state index in [0.717, 1.165) is 18.5 Å². The largest absolute Gasteiger partial charge is 0.314 e. The first-order valence-electron chi connectivity index (χ1n) is 6.87. The molecule has 1 saturated heterocycles. The molecule has 2 nitrogen and oxygen atoms in total. The van der Waals surface area contributed by atoms with Crippen molar-refractivity contribution in [3.63, 3.8) is 0 Å². The quantitative estimate of drug-likeness (QED) is 0.858. The monoisotopic (exact) mass is 250 g/mol. The van der Waals surface area contributed by atoms with Crippen LogP contribution in [0.2, 0.25) is 0 Å². The maximum atomic E-state index is 13.3. The van der Waals surface area contributed by atoms with Gasteiger partial charge < -0.3 is 10.6 Å². The van der Waals surface area contributed by atoms with Gasteiger partial charge in [0.2, 0.25) is 0 Å². The van der Waals surface area contributed by atoms with Crippen LogP contribution in [0.5, 0.6) is 0 Å². The third-order valence-electron chi connectivity index (χ3n) is 3.87. The standard InChI is InChI=1S/C15H23FN2/c1-11-9-12(6-7-14(11)16)15(17-2)10-13-5-3-4-8-18-13/h6-7,9,13,15,17-18H,3-5,8,10H2,1-2H3. The summed E-state index contributed by atoms with van der Waals surface area (Å²) in [6.45, 7) is 2.95. The first kappa shape index (κ1) is 13.5. The molecular weight excluding hydrogens is 227 g/mol. The maximum absolute atomic E-state index is 13.3. The summed E-state index contributed by atoms with van der Waals surface area (Å²) in [4.78, 5) is 0. The summed E-state index contributed by atoms with van der Waals surface area (Å²) in [6.07, 6.45) is 4.92. The Morgan fingerprint density at radius 2 is 2.28 bits per heavy atom. The Bertz CT molecular complexity index is 386. The van der Waals surface area contributed by atoms with Crippen molar-refractivity contribution in [2.75, 3.05) is 13.6 Å². The number of rotatable bonds is 4. The van der Waals surface area contributed by atoms with Crippen LogP contribution in [0.15, 0.2) is 18.2 Å². The van der Waals surface area contributed by atoms with E-state index in [9.17, 15) is 4.39 Å². The zero-order valence-electron chi connectivity index (χ0n) is 11.3. The Morgan fingerprint density at radius 1 is 1.44 bits per heavy atom. The first-order chi connectivity index (χ1) is 8.70. The lowest BCUT2D eigenvalue weighted by atomic mass is 9.93. The van der Waals surface area contributed by atoms with Crippen molar-refractivity contribution in [2.24, 2.45) is 0 Å². The number of aryl methyl sites for hydroxylation is 1. The van der Waals surface area contributed by atoms with Gasteiger partial charge in [-0.25, -0.2) is 4.39 Å². The fourth-order valence-electron chi connectivity index (χ4n) is 2.71. The second-order valence-corrected chi connectivity index (χ2v) is 5.23. The van der Waals surface area contributed by atoms with Gasteiger partial charge in [-0.3, -0.25) is 0 Å². The zero-order chi connectivity index (χ0) is 13.0. The van der Waals surface area contributed by atoms with E-state index >= 15 is 0 Å². The Balaban J connectivity index is 2.04. The molecule has 1 aliphatic heterocycles. The lowest BCUT2D eigenvalue weighted by Crippen LogP contribution is -2.37. The van der Waals surface area contributed by atoms with E-state index in [0.29, 0.717) is 12.1 Å². The summed E-state index contributed by atoms with van der Waals surface area (Å²) in [5.74, 6) is -0.121. The van der Waals surface area contributed by atoms with Gasteiger partial charge >= 0.3 is 0 Å². The first-order valence-corrected chi connectivity index (χ1v) is 6.87. The Kier molecular flexibility index (Phi) is 4.72. The molecule has 18 heavy (non-hydrogen) atoms. The average molecular weight is 250 g/mol. The van der Waals surface area contributed by atoms with Crippen LogP contribution >= 0.6 is 0 Å². The van der Waals surface area contributed by atoms with Crippen LogP contribution in [0.25, 0.3) is 0 Å². The minimum absolute atomic E-state index is 0.121. The lowest BCUT2D eigenvalue weighted by Gasteiger charge is -2.28. The molecule has 1 heterocycles. The van der Waals surface area contributed by atoms with Crippen molar-refractivity contribution in [3.8, 4) is 0 Å². The predicted molar refractivity (Wildman–Crippen MR) is 73.2 cm³/mol. The van der Waals surface area contributed by atoms with Gasteiger partial charge in [0.1, 0.15) is 5.82 Å². The summed E-state index contributed by atoms with van der Waals surface area (Å²) in [7, 11) is 1.98. The van der Waals surface area contributed by atoms with Crippen LogP contribution in [0.3, 0.4) is 0 Å². The topological polar surface area (TPSA) is 24.1 Å². The number of hydrogen-bond donors (Lipinski definition) is 2. The molecule has 100 valence electrons. The normalized spacial score (nSPS) is 21.8. The number of nitrogens with one attached hydrogen (secondary N) is 2. The highest BCUT2D eigenvalue weighted by Gasteiger charge is 2.19. The van der Waals surface area contributed by atoms with E-state index in [-0.39, 0.29) is 5.82 Å². The molecule has 1 fully saturated rings. The predicted octanol–water partition coefficient (Wildman–Crippen LogP) is 2.93. The molecule has 0 spiro atoms. The van der Waals surface area contributed by atoms with Crippen molar-refractivity contribution in [1.29, 1.82) is 0 Å². The molecule has 2 unspecified atom stereocenters. The third kappa shape index (κ3) is 3.30. The van der Waals surface area contributed by atoms with E-state index in [1.165, 1.54) is 24.8 Å². The highest BCUT2D eigenvalue weighted by molar-refractivity contribution is 5.26. The van der Waals surface area contributed by atoms with Crippen molar-refractivity contribution in [2.45, 2.75) is 44.7 Å². The van der Waals surface area contributed by atoms with Crippen molar-refractivity contribution >= 4 is 0 Å². The molecule has 1 aromatic rings. The van der Waals surface area contributed by atoms with Gasteiger partial charge in [-0.2, -0.15) is 0 Å². The molecular formula is C15H23FN2. The second kappa shape index (κ2) is 6.30. The molecule has 0 amide bonds. The fourth-order valence-corrected chi connectivity index (χ4v) is 2.71. The van der Waals surface area contributed by atoms with Crippen LogP contribution in [-0.4, -0.2) is 19.6 Å². The summed E-state index contributed by atoms with van der Waals surface area (Å²) in [5.41, 5.74) is 1.91. The van der Waals surface area contributed by atoms with E-state index in [2.05, 4.69) is 10.6 Å². The summed E-state index contributed by atoms with van der Waals surface area (Å²) in [6, 6.07) is 6.32. The lowest BCUT2D eigenvalue weighted by molar-refractivity contribution is 0.347. The molecule has 1 aromatic carbocycles. The van der Waals surface area contributed by atoms with Gasteiger partial charge in [0.05, 0.1) is 0 Å². The molecule has 0 aromatic heterocycles. The number of halogens is 1. The second-order valence-electron chi connectivity index (χ2n) is 5.23. The molecule has 0 radical (unpaired) electrons. The summed E-state index contributed by atoms with van der Waals surface area (Å²) in [5, 5.41) is 6.92. The molecule has 2 N–H and O–H groups in total. The molecule has 2 atom stereocenters. The smallest absolute Gasteiger partial charge is 0.126 e. The Labute approximate surface area is 109 Å². The number of piperidine rings is 1. The van der Waals surface area contributed by atoms with E-state index in [1.807, 2.05) is 26.1 Å². The van der Waals surface area contributed by atoms with E-state index in [1.54, 1.807) is 6.07 Å². The van der Waals surface area contributed by atoms with E-state index < -0.39 is 0 Å². The Morgan fingerprint density at radius 3 is 2.89 bits per heavy atom. The third-order valence-corrected chi connectivity index (χ3v) is 3.87. The summed E-state index contributed by atoms with van der Waals surface area (Å²) < 4.78 is 13.3. The van der Waals surface area contributed by atoms with Crippen molar-refractivity contribution in [3.05, 3.63) is 35.1 Å². The molecule has 3 heteroatoms. The van der Waals surface area contributed by atoms with Gasteiger partial charge in [0, 0.05) is 12.1 Å². The van der Waals surface area contributed by atoms with Crippen LogP contribution in [0.4, 0.5) is 4.39 Å². The Hall–Kier alpha value is -0.930. The van der Waals surface area contributed by atoms with Crippen LogP contribution < -0.4 is 10.6 Å². The average Bonchev–Trinajstić information content (AvgIpc) is 2.40. The molecule has 0 aliphatic carbocycles. The fraction of sp³-hybridized carbons (Fsp3) is 0.600. The van der Waals surface area contributed by atoms with E-state index in [4.69, 9.17) is 0 Å². The van der Waals surface area contributed by atoms with Crippen molar-refractivity contribution < 1.29 is 4.39 Å². The van der Waals surface area contributed by atoms with Gasteiger partial charge in [-0.05, 0) is 57.0 Å². The van der Waals surface area contributed by atoms with Gasteiger partial charge in [0.25, 0.3) is 0 Å². The van der Waals surface area contributed by atoms with Crippen LogP contribution in [0.1, 0.15) is 42.9 Å². The molecule has 0 saturated carbocycles. The number of benzene rings is 1. The highest BCUT2D eigenvalue weighted by Crippen LogP contribution is 2.23. The maximum Gasteiger partial charge on any atom is 0.126 e. The van der Waals surface area contributed by atoms with Crippen LogP contribution in [-0.2, 0) is 0 Å². The summed E-state index contributed by atoms with van der Waals surface area (Å²) >= 11 is 0. The molecule has 0 bridgehead atoms. The zero-order valence-corrected chi connectivity index (χ0v) is 11.3. The number of hydrogen-bond acceptors (Lipinski definition) is 2. The van der Waals surface area contributed by atoms with Gasteiger partial charge in [-0.1, -0.05) is 18.6 Å². The molecule has 1 aliphatic rings. The highest BCUT2D eigenvalue weighted by atomic mass is 19.1. The van der Waals surface area contributed by atoms with Crippen LogP contribution in [0, 0.1) is 12.7 Å². The minimum atomic E-state index is -0.121. The SMILES string of the molecule is CNC(CC1CCCCN1)c1ccc(F)c(C)c1. The van der Waals surface area contributed by atoms with Gasteiger partial charge in [-0.15, -0.1) is 0 Å². The van der Waals surface area contributed by atoms with Gasteiger partial charge in [0.15, 0.2) is 0 Å². The minimum Gasteiger partial charge on any atom is -0.314 e.